The molecule has 2 aromatic rings. The summed E-state index contributed by atoms with van der Waals surface area (Å²) in [6, 6.07) is 3.24. The molecule has 3 heterocycles. The van der Waals surface area contributed by atoms with Gasteiger partial charge in [0.25, 0.3) is 0 Å². The van der Waals surface area contributed by atoms with Gasteiger partial charge in [0.1, 0.15) is 5.76 Å². The molecule has 0 aliphatic carbocycles. The predicted octanol–water partition coefficient (Wildman–Crippen LogP) is 2.63. The van der Waals surface area contributed by atoms with Crippen molar-refractivity contribution in [2.45, 2.75) is 57.3 Å². The molecule has 0 radical (unpaired) electrons. The molecule has 158 valence electrons. The first-order valence-electron chi connectivity index (χ1n) is 9.77. The molecule has 0 atom stereocenters. The van der Waals surface area contributed by atoms with Gasteiger partial charge in [0.05, 0.1) is 18.6 Å². The highest BCUT2D eigenvalue weighted by Crippen LogP contribution is 2.25. The quantitative estimate of drug-likeness (QED) is 0.692. The average molecular weight is 421 g/mol. The smallest absolute Gasteiger partial charge is 0.321 e. The van der Waals surface area contributed by atoms with Gasteiger partial charge in [-0.05, 0) is 52.2 Å². The molecule has 0 spiro atoms. The van der Waals surface area contributed by atoms with Crippen LogP contribution < -0.4 is 15.5 Å². The molecule has 2 N–H and O–H groups in total. The number of nitrogens with zero attached hydrogens (tertiary/aromatic N) is 4. The summed E-state index contributed by atoms with van der Waals surface area (Å²) < 4.78 is 7.46. The van der Waals surface area contributed by atoms with Crippen molar-refractivity contribution in [3.05, 3.63) is 24.2 Å². The van der Waals surface area contributed by atoms with Gasteiger partial charge in [-0.25, -0.2) is 4.79 Å². The van der Waals surface area contributed by atoms with Gasteiger partial charge in [-0.1, -0.05) is 11.8 Å². The number of amides is 3. The van der Waals surface area contributed by atoms with E-state index < -0.39 is 11.6 Å². The van der Waals surface area contributed by atoms with Gasteiger partial charge in [0.2, 0.25) is 11.9 Å². The van der Waals surface area contributed by atoms with Gasteiger partial charge in [0, 0.05) is 18.6 Å². The van der Waals surface area contributed by atoms with E-state index in [0.29, 0.717) is 11.7 Å². The number of piperidine rings is 1. The topological polar surface area (TPSA) is 105 Å². The number of nitrogens with one attached hydrogen (secondary N) is 2. The summed E-state index contributed by atoms with van der Waals surface area (Å²) in [5.41, 5.74) is -0.413. The van der Waals surface area contributed by atoms with Crippen LogP contribution in [0.4, 0.5) is 10.7 Å². The van der Waals surface area contributed by atoms with Crippen molar-refractivity contribution in [3.8, 4) is 0 Å². The zero-order valence-electron chi connectivity index (χ0n) is 17.1. The van der Waals surface area contributed by atoms with E-state index in [4.69, 9.17) is 4.42 Å². The van der Waals surface area contributed by atoms with Crippen LogP contribution in [-0.2, 0) is 11.3 Å². The Hall–Kier alpha value is -2.49. The number of hydrogen-bond acceptors (Lipinski definition) is 7. The van der Waals surface area contributed by atoms with Crippen LogP contribution in [0.3, 0.4) is 0 Å². The molecule has 1 aliphatic heterocycles. The summed E-state index contributed by atoms with van der Waals surface area (Å²) in [6.45, 7) is 7.92. The average Bonchev–Trinajstić information content (AvgIpc) is 3.29. The predicted molar refractivity (Wildman–Crippen MR) is 111 cm³/mol. The van der Waals surface area contributed by atoms with E-state index >= 15 is 0 Å². The van der Waals surface area contributed by atoms with Crippen LogP contribution in [0.2, 0.25) is 0 Å². The highest BCUT2D eigenvalue weighted by molar-refractivity contribution is 7.99. The zero-order chi connectivity index (χ0) is 20.9. The van der Waals surface area contributed by atoms with Crippen LogP contribution in [0.5, 0.6) is 0 Å². The Labute approximate surface area is 174 Å². The van der Waals surface area contributed by atoms with E-state index in [9.17, 15) is 9.59 Å². The van der Waals surface area contributed by atoms with Crippen LogP contribution >= 0.6 is 11.8 Å². The van der Waals surface area contributed by atoms with Gasteiger partial charge in [-0.3, -0.25) is 14.7 Å². The molecule has 29 heavy (non-hydrogen) atoms. The second kappa shape index (κ2) is 9.34. The molecular weight excluding hydrogens is 392 g/mol. The van der Waals surface area contributed by atoms with Crippen LogP contribution in [0.25, 0.3) is 0 Å². The monoisotopic (exact) mass is 420 g/mol. The minimum absolute atomic E-state index is 0.0633. The molecule has 3 amide bonds. The van der Waals surface area contributed by atoms with Gasteiger partial charge in [-0.2, -0.15) is 0 Å². The third-order valence-corrected chi connectivity index (χ3v) is 5.27. The standard InChI is InChI=1S/C19H28N6O3S/c1-19(2,3)21-16(27)20-15(26)13-29-18-23-22-17(24-9-5-4-6-10-24)25(18)12-14-8-7-11-28-14/h7-8,11H,4-6,9-10,12-13H2,1-3H3,(H2,20,21,26,27). The number of carbonyl (C=O) groups is 2. The normalized spacial score (nSPS) is 14.7. The fourth-order valence-electron chi connectivity index (χ4n) is 3.08. The molecule has 9 nitrogen and oxygen atoms in total. The fourth-order valence-corrected chi connectivity index (χ4v) is 3.81. The van der Waals surface area contributed by atoms with Crippen molar-refractivity contribution in [2.24, 2.45) is 0 Å². The fraction of sp³-hybridized carbons (Fsp3) is 0.579. The highest BCUT2D eigenvalue weighted by atomic mass is 32.2. The molecule has 1 aliphatic rings. The van der Waals surface area contributed by atoms with Crippen molar-refractivity contribution in [3.63, 3.8) is 0 Å². The summed E-state index contributed by atoms with van der Waals surface area (Å²) in [5.74, 6) is 1.26. The van der Waals surface area contributed by atoms with Crippen LogP contribution in [-0.4, -0.2) is 51.1 Å². The second-order valence-electron chi connectivity index (χ2n) is 8.04. The molecule has 1 fully saturated rings. The molecule has 3 rings (SSSR count). The summed E-state index contributed by atoms with van der Waals surface area (Å²) in [5, 5.41) is 14.3. The summed E-state index contributed by atoms with van der Waals surface area (Å²) >= 11 is 1.25. The third kappa shape index (κ3) is 6.25. The van der Waals surface area contributed by atoms with Crippen molar-refractivity contribution in [1.29, 1.82) is 0 Å². The number of furan rings is 1. The second-order valence-corrected chi connectivity index (χ2v) is 8.98. The Morgan fingerprint density at radius 2 is 1.97 bits per heavy atom. The molecule has 0 bridgehead atoms. The maximum atomic E-state index is 12.2. The molecule has 0 unspecified atom stereocenters. The molecule has 0 saturated carbocycles. The lowest BCUT2D eigenvalue weighted by molar-refractivity contribution is -0.117. The van der Waals surface area contributed by atoms with Gasteiger partial charge in [-0.15, -0.1) is 10.2 Å². The maximum absolute atomic E-state index is 12.2. The molecule has 2 aromatic heterocycles. The minimum atomic E-state index is -0.505. The van der Waals surface area contributed by atoms with Crippen molar-refractivity contribution >= 4 is 29.6 Å². The lowest BCUT2D eigenvalue weighted by Crippen LogP contribution is -2.48. The van der Waals surface area contributed by atoms with Crippen LogP contribution in [0, 0.1) is 0 Å². The lowest BCUT2D eigenvalue weighted by atomic mass is 10.1. The van der Waals surface area contributed by atoms with E-state index in [0.717, 1.165) is 37.6 Å². The van der Waals surface area contributed by atoms with Crippen LogP contribution in [0.1, 0.15) is 45.8 Å². The van der Waals surface area contributed by atoms with Crippen LogP contribution in [0.15, 0.2) is 28.0 Å². The number of thioether (sulfide) groups is 1. The lowest BCUT2D eigenvalue weighted by Gasteiger charge is -2.27. The highest BCUT2D eigenvalue weighted by Gasteiger charge is 2.22. The summed E-state index contributed by atoms with van der Waals surface area (Å²) in [4.78, 5) is 26.3. The number of anilines is 1. The number of rotatable bonds is 6. The maximum Gasteiger partial charge on any atom is 0.321 e. The van der Waals surface area contributed by atoms with Crippen molar-refractivity contribution in [2.75, 3.05) is 23.7 Å². The first kappa shape index (κ1) is 21.2. The molecular formula is C19H28N6O3S. The van der Waals surface area contributed by atoms with E-state index in [1.165, 1.54) is 18.2 Å². The van der Waals surface area contributed by atoms with E-state index in [1.54, 1.807) is 6.26 Å². The summed E-state index contributed by atoms with van der Waals surface area (Å²) in [7, 11) is 0. The van der Waals surface area contributed by atoms with E-state index in [-0.39, 0.29) is 11.7 Å². The number of imide groups is 1. The number of aromatic nitrogens is 3. The number of carbonyl (C=O) groups excluding carboxylic acids is 2. The van der Waals surface area contributed by atoms with Gasteiger partial charge < -0.3 is 14.6 Å². The van der Waals surface area contributed by atoms with Gasteiger partial charge in [0.15, 0.2) is 5.16 Å². The Bertz CT molecular complexity index is 822. The van der Waals surface area contributed by atoms with Crippen molar-refractivity contribution < 1.29 is 14.0 Å². The first-order valence-corrected chi connectivity index (χ1v) is 10.8. The number of hydrogen-bond donors (Lipinski definition) is 2. The Kier molecular flexibility index (Phi) is 6.83. The zero-order valence-corrected chi connectivity index (χ0v) is 17.9. The number of urea groups is 1. The first-order chi connectivity index (χ1) is 13.8. The molecule has 10 heteroatoms. The van der Waals surface area contributed by atoms with E-state index in [1.807, 2.05) is 37.5 Å². The van der Waals surface area contributed by atoms with E-state index in [2.05, 4.69) is 25.7 Å². The SMILES string of the molecule is CC(C)(C)NC(=O)NC(=O)CSc1nnc(N2CCCCC2)n1Cc1ccco1. The minimum Gasteiger partial charge on any atom is -0.467 e. The Morgan fingerprint density at radius 3 is 2.62 bits per heavy atom. The Balaban J connectivity index is 1.67. The van der Waals surface area contributed by atoms with Crippen molar-refractivity contribution in [1.82, 2.24) is 25.4 Å². The Morgan fingerprint density at radius 1 is 1.21 bits per heavy atom. The van der Waals surface area contributed by atoms with Gasteiger partial charge >= 0.3 is 6.03 Å². The molecule has 0 aromatic carbocycles. The summed E-state index contributed by atoms with van der Waals surface area (Å²) in [6.07, 6.45) is 5.11. The molecule has 1 saturated heterocycles. The largest absolute Gasteiger partial charge is 0.467 e. The third-order valence-electron chi connectivity index (χ3n) is 4.30.